The van der Waals surface area contributed by atoms with E-state index < -0.39 is 33.1 Å². The van der Waals surface area contributed by atoms with Gasteiger partial charge < -0.3 is 4.74 Å². The van der Waals surface area contributed by atoms with Crippen LogP contribution >= 0.6 is 11.6 Å². The number of nitro benzene ring substituents is 1. The van der Waals surface area contributed by atoms with Crippen molar-refractivity contribution in [1.82, 2.24) is 0 Å². The molecule has 0 aromatic heterocycles. The average Bonchev–Trinajstić information content (AvgIpc) is 2.98. The number of alkyl halides is 3. The molecule has 0 atom stereocenters. The summed E-state index contributed by atoms with van der Waals surface area (Å²) in [5.41, 5.74) is -1.69. The summed E-state index contributed by atoms with van der Waals surface area (Å²) in [6, 6.07) is 1.14. The fraction of sp³-hybridized carbons (Fsp3) is 0.400. The van der Waals surface area contributed by atoms with Crippen LogP contribution in [-0.2, 0) is 6.18 Å². The summed E-state index contributed by atoms with van der Waals surface area (Å²) in [6.45, 7) is 0. The number of ether oxygens (including phenoxy) is 1. The second kappa shape index (κ2) is 4.31. The van der Waals surface area contributed by atoms with Crippen molar-refractivity contribution in [2.75, 3.05) is 0 Å². The Kier molecular flexibility index (Phi) is 3.10. The summed E-state index contributed by atoms with van der Waals surface area (Å²) < 4.78 is 42.8. The Labute approximate surface area is 104 Å². The van der Waals surface area contributed by atoms with E-state index in [0.29, 0.717) is 25.0 Å². The Bertz CT molecular complexity index is 500. The predicted molar refractivity (Wildman–Crippen MR) is 56.8 cm³/mol. The van der Waals surface area contributed by atoms with Gasteiger partial charge in [0.2, 0.25) is 0 Å². The van der Waals surface area contributed by atoms with Gasteiger partial charge in [0.1, 0.15) is 5.02 Å². The second-order valence-electron chi connectivity index (χ2n) is 3.88. The molecule has 0 radical (unpaired) electrons. The van der Waals surface area contributed by atoms with Crippen molar-refractivity contribution in [3.63, 3.8) is 0 Å². The highest BCUT2D eigenvalue weighted by atomic mass is 35.5. The van der Waals surface area contributed by atoms with Crippen molar-refractivity contribution in [2.24, 2.45) is 0 Å². The molecule has 0 spiro atoms. The first-order valence-electron chi connectivity index (χ1n) is 5.01. The first kappa shape index (κ1) is 12.9. The molecule has 0 aliphatic heterocycles. The van der Waals surface area contributed by atoms with Gasteiger partial charge in [-0.15, -0.1) is 0 Å². The van der Waals surface area contributed by atoms with Crippen LogP contribution in [0.25, 0.3) is 0 Å². The Morgan fingerprint density at radius 2 is 2.00 bits per heavy atom. The van der Waals surface area contributed by atoms with Gasteiger partial charge in [0.05, 0.1) is 16.6 Å². The van der Waals surface area contributed by atoms with Gasteiger partial charge >= 0.3 is 11.9 Å². The van der Waals surface area contributed by atoms with Gasteiger partial charge in [0.25, 0.3) is 0 Å². The molecule has 98 valence electrons. The Morgan fingerprint density at radius 1 is 1.39 bits per heavy atom. The van der Waals surface area contributed by atoms with Crippen molar-refractivity contribution in [2.45, 2.75) is 25.1 Å². The maximum atomic E-state index is 12.5. The van der Waals surface area contributed by atoms with Crippen LogP contribution in [0.15, 0.2) is 12.1 Å². The predicted octanol–water partition coefficient (Wildman–Crippen LogP) is 3.81. The molecule has 0 saturated heterocycles. The van der Waals surface area contributed by atoms with Gasteiger partial charge in [0.15, 0.2) is 5.75 Å². The third kappa shape index (κ3) is 2.66. The molecule has 1 aromatic rings. The summed E-state index contributed by atoms with van der Waals surface area (Å²) in [5.74, 6) is -0.428. The van der Waals surface area contributed by atoms with E-state index in [-0.39, 0.29) is 6.10 Å². The number of benzene rings is 1. The van der Waals surface area contributed by atoms with Gasteiger partial charge in [-0.1, -0.05) is 11.6 Å². The summed E-state index contributed by atoms with van der Waals surface area (Å²) in [4.78, 5) is 9.92. The van der Waals surface area contributed by atoms with Crippen LogP contribution in [-0.4, -0.2) is 11.0 Å². The maximum absolute atomic E-state index is 12.5. The Balaban J connectivity index is 2.49. The molecular weight excluding hydrogens is 275 g/mol. The van der Waals surface area contributed by atoms with Crippen LogP contribution in [0.3, 0.4) is 0 Å². The number of hydrogen-bond donors (Lipinski definition) is 0. The molecule has 0 heterocycles. The number of hydrogen-bond acceptors (Lipinski definition) is 3. The lowest BCUT2D eigenvalue weighted by Gasteiger charge is -2.11. The van der Waals surface area contributed by atoms with Crippen LogP contribution < -0.4 is 4.74 Å². The molecule has 1 aromatic carbocycles. The maximum Gasteiger partial charge on any atom is 0.416 e. The summed E-state index contributed by atoms with van der Waals surface area (Å²) >= 11 is 5.52. The summed E-state index contributed by atoms with van der Waals surface area (Å²) in [5, 5.41) is 10.2. The molecule has 2 rings (SSSR count). The van der Waals surface area contributed by atoms with Gasteiger partial charge in [-0.05, 0) is 25.0 Å². The van der Waals surface area contributed by atoms with E-state index in [9.17, 15) is 23.3 Å². The van der Waals surface area contributed by atoms with E-state index in [1.165, 1.54) is 0 Å². The van der Waals surface area contributed by atoms with Crippen molar-refractivity contribution in [3.05, 3.63) is 32.8 Å². The minimum Gasteiger partial charge on any atom is -0.483 e. The number of rotatable bonds is 3. The smallest absolute Gasteiger partial charge is 0.416 e. The minimum absolute atomic E-state index is 0.261. The summed E-state index contributed by atoms with van der Waals surface area (Å²) in [6.07, 6.45) is -3.54. The highest BCUT2D eigenvalue weighted by molar-refractivity contribution is 6.33. The molecular formula is C10H7ClF3NO3. The van der Waals surface area contributed by atoms with Crippen molar-refractivity contribution >= 4 is 17.3 Å². The third-order valence-electron chi connectivity index (χ3n) is 2.36. The van der Waals surface area contributed by atoms with Crippen LogP contribution in [0.1, 0.15) is 18.4 Å². The topological polar surface area (TPSA) is 52.4 Å². The molecule has 1 aliphatic carbocycles. The minimum atomic E-state index is -4.62. The fourth-order valence-corrected chi connectivity index (χ4v) is 1.65. The van der Waals surface area contributed by atoms with E-state index in [0.717, 1.165) is 0 Å². The van der Waals surface area contributed by atoms with Crippen LogP contribution in [0.2, 0.25) is 5.02 Å². The molecule has 8 heteroatoms. The Hall–Kier alpha value is -1.50. The van der Waals surface area contributed by atoms with Gasteiger partial charge in [-0.2, -0.15) is 13.2 Å². The van der Waals surface area contributed by atoms with Gasteiger partial charge in [0, 0.05) is 0 Å². The molecule has 0 N–H and O–H groups in total. The zero-order valence-electron chi connectivity index (χ0n) is 8.83. The highest BCUT2D eigenvalue weighted by Gasteiger charge is 2.36. The lowest BCUT2D eigenvalue weighted by Crippen LogP contribution is -2.08. The number of halogens is 4. The lowest BCUT2D eigenvalue weighted by molar-refractivity contribution is -0.385. The normalized spacial score (nSPS) is 15.6. The molecule has 4 nitrogen and oxygen atoms in total. The zero-order valence-corrected chi connectivity index (χ0v) is 9.59. The largest absolute Gasteiger partial charge is 0.483 e. The fourth-order valence-electron chi connectivity index (χ4n) is 1.37. The van der Waals surface area contributed by atoms with Gasteiger partial charge in [-0.25, -0.2) is 0 Å². The van der Waals surface area contributed by atoms with Gasteiger partial charge in [-0.3, -0.25) is 10.1 Å². The standard InChI is InChI=1S/C10H7ClF3NO3/c11-7-3-5(10(12,13)14)4-8(9(7)15(16)17)18-6-1-2-6/h3-4,6H,1-2H2. The van der Waals surface area contributed by atoms with E-state index in [4.69, 9.17) is 16.3 Å². The first-order valence-corrected chi connectivity index (χ1v) is 5.38. The monoisotopic (exact) mass is 281 g/mol. The molecule has 0 unspecified atom stereocenters. The van der Waals surface area contributed by atoms with Crippen LogP contribution in [0.4, 0.5) is 18.9 Å². The molecule has 1 saturated carbocycles. The first-order chi connectivity index (χ1) is 8.29. The molecule has 0 amide bonds. The molecule has 1 aliphatic rings. The third-order valence-corrected chi connectivity index (χ3v) is 2.64. The van der Waals surface area contributed by atoms with Crippen LogP contribution in [0, 0.1) is 10.1 Å². The van der Waals surface area contributed by atoms with E-state index in [2.05, 4.69) is 0 Å². The van der Waals surface area contributed by atoms with Crippen molar-refractivity contribution in [3.8, 4) is 5.75 Å². The Morgan fingerprint density at radius 3 is 2.44 bits per heavy atom. The molecule has 1 fully saturated rings. The van der Waals surface area contributed by atoms with E-state index in [1.54, 1.807) is 0 Å². The van der Waals surface area contributed by atoms with Crippen molar-refractivity contribution < 1.29 is 22.8 Å². The highest BCUT2D eigenvalue weighted by Crippen LogP contribution is 2.43. The number of nitrogens with zero attached hydrogens (tertiary/aromatic N) is 1. The average molecular weight is 282 g/mol. The van der Waals surface area contributed by atoms with Crippen LogP contribution in [0.5, 0.6) is 5.75 Å². The zero-order chi connectivity index (χ0) is 13.5. The lowest BCUT2D eigenvalue weighted by atomic mass is 10.2. The quantitative estimate of drug-likeness (QED) is 0.625. The molecule has 18 heavy (non-hydrogen) atoms. The number of nitro groups is 1. The second-order valence-corrected chi connectivity index (χ2v) is 4.28. The molecule has 0 bridgehead atoms. The summed E-state index contributed by atoms with van der Waals surface area (Å²) in [7, 11) is 0. The van der Waals surface area contributed by atoms with Crippen molar-refractivity contribution in [1.29, 1.82) is 0 Å². The van der Waals surface area contributed by atoms with E-state index in [1.807, 2.05) is 0 Å². The van der Waals surface area contributed by atoms with E-state index >= 15 is 0 Å². The SMILES string of the molecule is O=[N+]([O-])c1c(Cl)cc(C(F)(F)F)cc1OC1CC1.